The first kappa shape index (κ1) is 18.2. The molecule has 8 heteroatoms. The summed E-state index contributed by atoms with van der Waals surface area (Å²) in [5.74, 6) is 0.280. The SMILES string of the molecule is Cc1nn(C)c(C)c1S(=O)(=O)Nc1ccn(Cc2cccc3ccccc23)n1. The molecule has 0 spiro atoms. The van der Waals surface area contributed by atoms with E-state index in [1.54, 1.807) is 42.5 Å². The summed E-state index contributed by atoms with van der Waals surface area (Å²) in [5, 5.41) is 10.9. The zero-order chi connectivity index (χ0) is 19.9. The second kappa shape index (κ2) is 6.79. The van der Waals surface area contributed by atoms with Gasteiger partial charge < -0.3 is 0 Å². The van der Waals surface area contributed by atoms with Gasteiger partial charge in [-0.1, -0.05) is 42.5 Å². The fourth-order valence-electron chi connectivity index (χ4n) is 3.44. The van der Waals surface area contributed by atoms with Crippen molar-refractivity contribution < 1.29 is 8.42 Å². The zero-order valence-corrected chi connectivity index (χ0v) is 16.7. The van der Waals surface area contributed by atoms with Gasteiger partial charge in [0.1, 0.15) is 4.90 Å². The molecule has 4 aromatic rings. The lowest BCUT2D eigenvalue weighted by atomic mass is 10.0. The molecule has 0 aliphatic rings. The van der Waals surface area contributed by atoms with Crippen molar-refractivity contribution in [1.82, 2.24) is 19.6 Å². The van der Waals surface area contributed by atoms with Gasteiger partial charge in [0.25, 0.3) is 10.0 Å². The average Bonchev–Trinajstić information content (AvgIpc) is 3.18. The van der Waals surface area contributed by atoms with Crippen LogP contribution in [0.5, 0.6) is 0 Å². The third kappa shape index (κ3) is 3.27. The number of nitrogens with one attached hydrogen (secondary N) is 1. The molecule has 0 saturated heterocycles. The predicted octanol–water partition coefficient (Wildman–Crippen LogP) is 3.24. The number of benzene rings is 2. The Labute approximate surface area is 163 Å². The highest BCUT2D eigenvalue weighted by atomic mass is 32.2. The van der Waals surface area contributed by atoms with Crippen LogP contribution in [0.25, 0.3) is 10.8 Å². The number of nitrogens with zero attached hydrogens (tertiary/aromatic N) is 4. The Balaban J connectivity index is 1.59. The van der Waals surface area contributed by atoms with Gasteiger partial charge in [0.05, 0.1) is 17.9 Å². The lowest BCUT2D eigenvalue weighted by Gasteiger charge is -2.08. The molecule has 144 valence electrons. The lowest BCUT2D eigenvalue weighted by Crippen LogP contribution is -2.15. The summed E-state index contributed by atoms with van der Waals surface area (Å²) in [7, 11) is -2.03. The average molecular weight is 395 g/mol. The maximum Gasteiger partial charge on any atom is 0.266 e. The summed E-state index contributed by atoms with van der Waals surface area (Å²) in [6.45, 7) is 3.96. The minimum Gasteiger partial charge on any atom is -0.271 e. The van der Waals surface area contributed by atoms with E-state index < -0.39 is 10.0 Å². The van der Waals surface area contributed by atoms with Gasteiger partial charge in [0, 0.05) is 19.3 Å². The van der Waals surface area contributed by atoms with E-state index in [1.807, 2.05) is 18.2 Å². The highest BCUT2D eigenvalue weighted by Crippen LogP contribution is 2.22. The van der Waals surface area contributed by atoms with Gasteiger partial charge in [-0.3, -0.25) is 14.1 Å². The van der Waals surface area contributed by atoms with E-state index in [0.29, 0.717) is 17.9 Å². The van der Waals surface area contributed by atoms with Crippen LogP contribution in [0.3, 0.4) is 0 Å². The highest BCUT2D eigenvalue weighted by Gasteiger charge is 2.24. The number of hydrogen-bond donors (Lipinski definition) is 1. The molecule has 0 amide bonds. The van der Waals surface area contributed by atoms with Crippen molar-refractivity contribution in [2.75, 3.05) is 4.72 Å². The predicted molar refractivity (Wildman–Crippen MR) is 109 cm³/mol. The van der Waals surface area contributed by atoms with Gasteiger partial charge in [-0.2, -0.15) is 10.2 Å². The van der Waals surface area contributed by atoms with E-state index >= 15 is 0 Å². The standard InChI is InChI=1S/C20H21N5O2S/c1-14-20(15(2)24(3)21-14)28(26,27)23-19-11-12-25(22-19)13-17-9-6-8-16-7-4-5-10-18(16)17/h4-12H,13H2,1-3H3,(H,22,23). The van der Waals surface area contributed by atoms with Crippen LogP contribution in [-0.4, -0.2) is 28.0 Å². The second-order valence-electron chi connectivity index (χ2n) is 6.77. The number of rotatable bonds is 5. The molecule has 2 aromatic carbocycles. The molecule has 0 fully saturated rings. The molecular formula is C20H21N5O2S. The Kier molecular flexibility index (Phi) is 4.43. The highest BCUT2D eigenvalue weighted by molar-refractivity contribution is 7.92. The van der Waals surface area contributed by atoms with E-state index in [2.05, 4.69) is 39.2 Å². The first-order chi connectivity index (χ1) is 13.3. The minimum atomic E-state index is -3.76. The van der Waals surface area contributed by atoms with E-state index in [4.69, 9.17) is 0 Å². The van der Waals surface area contributed by atoms with Crippen LogP contribution in [0, 0.1) is 13.8 Å². The van der Waals surface area contributed by atoms with Crippen LogP contribution in [0.2, 0.25) is 0 Å². The summed E-state index contributed by atoms with van der Waals surface area (Å²) in [6.07, 6.45) is 1.77. The number of sulfonamides is 1. The molecule has 0 saturated carbocycles. The van der Waals surface area contributed by atoms with Crippen LogP contribution in [0.15, 0.2) is 59.6 Å². The van der Waals surface area contributed by atoms with Gasteiger partial charge in [-0.25, -0.2) is 8.42 Å². The molecule has 0 bridgehead atoms. The van der Waals surface area contributed by atoms with E-state index in [-0.39, 0.29) is 10.7 Å². The van der Waals surface area contributed by atoms with Gasteiger partial charge >= 0.3 is 0 Å². The van der Waals surface area contributed by atoms with Crippen molar-refractivity contribution in [3.63, 3.8) is 0 Å². The Hall–Kier alpha value is -3.13. The largest absolute Gasteiger partial charge is 0.271 e. The normalized spacial score (nSPS) is 11.8. The molecule has 2 heterocycles. The first-order valence-corrected chi connectivity index (χ1v) is 10.4. The molecule has 28 heavy (non-hydrogen) atoms. The van der Waals surface area contributed by atoms with Crippen LogP contribution in [-0.2, 0) is 23.6 Å². The third-order valence-corrected chi connectivity index (χ3v) is 6.41. The molecule has 0 radical (unpaired) electrons. The Morgan fingerprint density at radius 3 is 2.50 bits per heavy atom. The fourth-order valence-corrected chi connectivity index (χ4v) is 4.88. The topological polar surface area (TPSA) is 81.8 Å². The maximum absolute atomic E-state index is 12.8. The number of aryl methyl sites for hydroxylation is 2. The van der Waals surface area contributed by atoms with Gasteiger partial charge in [0.2, 0.25) is 0 Å². The third-order valence-electron chi connectivity index (χ3n) is 4.80. The molecule has 0 unspecified atom stereocenters. The van der Waals surface area contributed by atoms with Crippen molar-refractivity contribution in [1.29, 1.82) is 0 Å². The maximum atomic E-state index is 12.8. The van der Waals surface area contributed by atoms with Crippen LogP contribution >= 0.6 is 0 Å². The number of hydrogen-bond acceptors (Lipinski definition) is 4. The molecule has 7 nitrogen and oxygen atoms in total. The molecule has 1 N–H and O–H groups in total. The lowest BCUT2D eigenvalue weighted by molar-refractivity contribution is 0.599. The quantitative estimate of drug-likeness (QED) is 0.562. The van der Waals surface area contributed by atoms with Crippen molar-refractivity contribution in [2.45, 2.75) is 25.3 Å². The summed E-state index contributed by atoms with van der Waals surface area (Å²) < 4.78 is 31.4. The Morgan fingerprint density at radius 2 is 1.75 bits per heavy atom. The van der Waals surface area contributed by atoms with Crippen LogP contribution < -0.4 is 4.72 Å². The summed E-state index contributed by atoms with van der Waals surface area (Å²) in [6, 6.07) is 16.0. The Morgan fingerprint density at radius 1 is 1.00 bits per heavy atom. The summed E-state index contributed by atoms with van der Waals surface area (Å²) in [4.78, 5) is 0.193. The number of anilines is 1. The van der Waals surface area contributed by atoms with Crippen molar-refractivity contribution in [3.8, 4) is 0 Å². The molecule has 0 aliphatic heterocycles. The van der Waals surface area contributed by atoms with Gasteiger partial charge in [-0.05, 0) is 30.2 Å². The first-order valence-electron chi connectivity index (χ1n) is 8.88. The monoisotopic (exact) mass is 395 g/mol. The second-order valence-corrected chi connectivity index (χ2v) is 8.39. The van der Waals surface area contributed by atoms with Crippen molar-refractivity contribution in [3.05, 3.63) is 71.7 Å². The van der Waals surface area contributed by atoms with E-state index in [9.17, 15) is 8.42 Å². The molecule has 4 rings (SSSR count). The molecule has 0 aliphatic carbocycles. The minimum absolute atomic E-state index is 0.193. The summed E-state index contributed by atoms with van der Waals surface area (Å²) >= 11 is 0. The van der Waals surface area contributed by atoms with E-state index in [0.717, 1.165) is 16.3 Å². The Bertz CT molecular complexity index is 1270. The fraction of sp³-hybridized carbons (Fsp3) is 0.200. The van der Waals surface area contributed by atoms with Gasteiger partial charge in [-0.15, -0.1) is 0 Å². The van der Waals surface area contributed by atoms with Crippen LogP contribution in [0.1, 0.15) is 17.0 Å². The molecule has 0 atom stereocenters. The van der Waals surface area contributed by atoms with Crippen molar-refractivity contribution >= 4 is 26.6 Å². The zero-order valence-electron chi connectivity index (χ0n) is 15.9. The van der Waals surface area contributed by atoms with E-state index in [1.165, 1.54) is 0 Å². The molecular weight excluding hydrogens is 374 g/mol. The number of fused-ring (bicyclic) bond motifs is 1. The van der Waals surface area contributed by atoms with Crippen LogP contribution in [0.4, 0.5) is 5.82 Å². The smallest absolute Gasteiger partial charge is 0.266 e. The van der Waals surface area contributed by atoms with Gasteiger partial charge in [0.15, 0.2) is 5.82 Å². The summed E-state index contributed by atoms with van der Waals surface area (Å²) in [5.41, 5.74) is 2.16. The molecule has 2 aromatic heterocycles. The number of aromatic nitrogens is 4. The van der Waals surface area contributed by atoms with Crippen molar-refractivity contribution in [2.24, 2.45) is 7.05 Å².